The van der Waals surface area contributed by atoms with Gasteiger partial charge in [0.15, 0.2) is 0 Å². The van der Waals surface area contributed by atoms with Gasteiger partial charge in [-0.1, -0.05) is 37.9 Å². The number of rotatable bonds is 0. The van der Waals surface area contributed by atoms with Crippen molar-refractivity contribution >= 4 is 31.9 Å². The van der Waals surface area contributed by atoms with E-state index in [9.17, 15) is 0 Å². The number of benzene rings is 1. The van der Waals surface area contributed by atoms with Crippen molar-refractivity contribution in [2.75, 3.05) is 0 Å². The first-order chi connectivity index (χ1) is 3.79. The molecule has 0 aromatic heterocycles. The van der Waals surface area contributed by atoms with E-state index >= 15 is 0 Å². The van der Waals surface area contributed by atoms with Gasteiger partial charge in [-0.15, -0.1) is 0 Å². The molecule has 0 N–H and O–H groups in total. The number of halogens is 2. The van der Waals surface area contributed by atoms with Gasteiger partial charge in [0.2, 0.25) is 0 Å². The van der Waals surface area contributed by atoms with Crippen molar-refractivity contribution < 1.29 is 0 Å². The van der Waals surface area contributed by atoms with Crippen LogP contribution in [0.1, 0.15) is 0 Å². The van der Waals surface area contributed by atoms with Crippen LogP contribution in [0.15, 0.2) is 27.1 Å². The lowest BCUT2D eigenvalue weighted by atomic mass is 10.4. The van der Waals surface area contributed by atoms with Gasteiger partial charge in [0.05, 0.1) is 0 Å². The Balaban J connectivity index is 3.08. The third-order valence-corrected chi connectivity index (χ3v) is 1.68. The molecule has 0 aliphatic carbocycles. The summed E-state index contributed by atoms with van der Waals surface area (Å²) in [6, 6.07) is 8.69. The van der Waals surface area contributed by atoms with Crippen LogP contribution < -0.4 is 0 Å². The molecule has 0 spiro atoms. The second kappa shape index (κ2) is 2.65. The van der Waals surface area contributed by atoms with Crippen molar-refractivity contribution in [3.8, 4) is 0 Å². The zero-order valence-electron chi connectivity index (χ0n) is 3.99. The van der Waals surface area contributed by atoms with E-state index in [1.165, 1.54) is 0 Å². The van der Waals surface area contributed by atoms with E-state index in [1.807, 2.05) is 18.2 Å². The average molecular weight is 235 g/mol. The highest BCUT2D eigenvalue weighted by Crippen LogP contribution is 2.14. The standard InChI is InChI=1S/C6H3Br2/c7-5-2-1-3-6(8)4-5/h1-2,4H. The normalized spacial score (nSPS) is 9.25. The lowest BCUT2D eigenvalue weighted by Gasteiger charge is -1.86. The Kier molecular flexibility index (Phi) is 2.08. The molecule has 0 saturated heterocycles. The summed E-state index contributed by atoms with van der Waals surface area (Å²) < 4.78 is 2.05. The summed E-state index contributed by atoms with van der Waals surface area (Å²) in [6.07, 6.45) is 0. The van der Waals surface area contributed by atoms with Gasteiger partial charge < -0.3 is 0 Å². The minimum Gasteiger partial charge on any atom is -0.0521 e. The maximum absolute atomic E-state index is 3.31. The van der Waals surface area contributed by atoms with Gasteiger partial charge in [-0.3, -0.25) is 0 Å². The van der Waals surface area contributed by atoms with E-state index in [4.69, 9.17) is 0 Å². The van der Waals surface area contributed by atoms with Crippen LogP contribution in [-0.4, -0.2) is 0 Å². The number of hydrogen-bond acceptors (Lipinski definition) is 0. The molecule has 0 unspecified atom stereocenters. The second-order valence-corrected chi connectivity index (χ2v) is 3.12. The Bertz CT molecular complexity index is 166. The summed E-state index contributed by atoms with van der Waals surface area (Å²) in [6.45, 7) is 0. The highest BCUT2D eigenvalue weighted by atomic mass is 79.9. The van der Waals surface area contributed by atoms with Crippen LogP contribution in [0.4, 0.5) is 0 Å². The van der Waals surface area contributed by atoms with Gasteiger partial charge >= 0.3 is 0 Å². The highest BCUT2D eigenvalue weighted by Gasteiger charge is 1.84. The molecule has 0 aliphatic heterocycles. The average Bonchev–Trinajstić information content (AvgIpc) is 1.64. The van der Waals surface area contributed by atoms with Crippen LogP contribution in [0.2, 0.25) is 0 Å². The van der Waals surface area contributed by atoms with Crippen LogP contribution >= 0.6 is 31.9 Å². The van der Waals surface area contributed by atoms with E-state index in [0.717, 1.165) is 8.95 Å². The minimum atomic E-state index is 0.979. The lowest BCUT2D eigenvalue weighted by Crippen LogP contribution is -1.62. The molecule has 0 bridgehead atoms. The van der Waals surface area contributed by atoms with Crippen molar-refractivity contribution in [2.45, 2.75) is 0 Å². The summed E-state index contributed by atoms with van der Waals surface area (Å²) in [7, 11) is 0. The first kappa shape index (κ1) is 6.30. The third kappa shape index (κ3) is 1.60. The second-order valence-electron chi connectivity index (χ2n) is 1.35. The van der Waals surface area contributed by atoms with Gasteiger partial charge in [-0.05, 0) is 18.2 Å². The van der Waals surface area contributed by atoms with Crippen LogP contribution in [0.3, 0.4) is 0 Å². The fourth-order valence-corrected chi connectivity index (χ4v) is 1.46. The first-order valence-electron chi connectivity index (χ1n) is 2.12. The fraction of sp³-hybridized carbons (Fsp3) is 0. The smallest absolute Gasteiger partial charge is 0.0265 e. The van der Waals surface area contributed by atoms with E-state index in [1.54, 1.807) is 0 Å². The molecular formula is C6H3Br2. The minimum absolute atomic E-state index is 0.979. The molecule has 0 amide bonds. The topological polar surface area (TPSA) is 0 Å². The predicted octanol–water partition coefficient (Wildman–Crippen LogP) is 3.01. The van der Waals surface area contributed by atoms with E-state index < -0.39 is 0 Å². The molecule has 0 aliphatic rings. The zero-order valence-corrected chi connectivity index (χ0v) is 7.16. The molecule has 0 nitrogen and oxygen atoms in total. The SMILES string of the molecule is Brc1[c]ccc(Br)c1. The predicted molar refractivity (Wildman–Crippen MR) is 40.7 cm³/mol. The Labute approximate surface area is 65.2 Å². The summed E-state index contributed by atoms with van der Waals surface area (Å²) >= 11 is 6.59. The molecule has 0 atom stereocenters. The van der Waals surface area contributed by atoms with E-state index in [-0.39, 0.29) is 0 Å². The summed E-state index contributed by atoms with van der Waals surface area (Å²) in [5.41, 5.74) is 0. The molecule has 1 radical (unpaired) electrons. The molecule has 2 heteroatoms. The van der Waals surface area contributed by atoms with Crippen LogP contribution in [-0.2, 0) is 0 Å². The molecule has 1 rings (SSSR count). The van der Waals surface area contributed by atoms with Crippen molar-refractivity contribution in [3.63, 3.8) is 0 Å². The van der Waals surface area contributed by atoms with Gasteiger partial charge in [-0.2, -0.15) is 0 Å². The molecule has 8 heavy (non-hydrogen) atoms. The van der Waals surface area contributed by atoms with Gasteiger partial charge in [-0.25, -0.2) is 0 Å². The Hall–Kier alpha value is 0.180. The van der Waals surface area contributed by atoms with Crippen LogP contribution in [0.25, 0.3) is 0 Å². The summed E-state index contributed by atoms with van der Waals surface area (Å²) in [5.74, 6) is 0. The fourth-order valence-electron chi connectivity index (χ4n) is 0.412. The van der Waals surface area contributed by atoms with Crippen molar-refractivity contribution in [1.82, 2.24) is 0 Å². The molecular weight excluding hydrogens is 232 g/mol. The molecule has 1 aromatic carbocycles. The van der Waals surface area contributed by atoms with Crippen molar-refractivity contribution in [2.24, 2.45) is 0 Å². The third-order valence-electron chi connectivity index (χ3n) is 0.728. The maximum atomic E-state index is 3.31. The number of hydrogen-bond donors (Lipinski definition) is 0. The molecule has 0 fully saturated rings. The zero-order chi connectivity index (χ0) is 5.98. The van der Waals surface area contributed by atoms with Crippen LogP contribution in [0, 0.1) is 6.07 Å². The summed E-state index contributed by atoms with van der Waals surface area (Å²) in [4.78, 5) is 0. The van der Waals surface area contributed by atoms with Crippen molar-refractivity contribution in [3.05, 3.63) is 33.2 Å². The molecule has 0 saturated carbocycles. The Morgan fingerprint density at radius 3 is 2.50 bits per heavy atom. The van der Waals surface area contributed by atoms with Gasteiger partial charge in [0.1, 0.15) is 0 Å². The monoisotopic (exact) mass is 233 g/mol. The van der Waals surface area contributed by atoms with E-state index in [2.05, 4.69) is 37.9 Å². The van der Waals surface area contributed by atoms with Crippen LogP contribution in [0.5, 0.6) is 0 Å². The van der Waals surface area contributed by atoms with E-state index in [0.29, 0.717) is 0 Å². The molecule has 0 heterocycles. The highest BCUT2D eigenvalue weighted by molar-refractivity contribution is 9.11. The lowest BCUT2D eigenvalue weighted by molar-refractivity contribution is 1.59. The van der Waals surface area contributed by atoms with Gasteiger partial charge in [0.25, 0.3) is 0 Å². The largest absolute Gasteiger partial charge is 0.0521 e. The maximum Gasteiger partial charge on any atom is 0.0265 e. The molecule has 1 aromatic rings. The van der Waals surface area contributed by atoms with Crippen molar-refractivity contribution in [1.29, 1.82) is 0 Å². The Morgan fingerprint density at radius 1 is 1.38 bits per heavy atom. The Morgan fingerprint density at radius 2 is 2.12 bits per heavy atom. The van der Waals surface area contributed by atoms with Gasteiger partial charge in [0, 0.05) is 8.95 Å². The molecule has 41 valence electrons. The first-order valence-corrected chi connectivity index (χ1v) is 3.70. The quantitative estimate of drug-likeness (QED) is 0.648. The summed E-state index contributed by atoms with van der Waals surface area (Å²) in [5, 5.41) is 0.